The lowest BCUT2D eigenvalue weighted by atomic mass is 10.3. The Balaban J connectivity index is 1.41. The van der Waals surface area contributed by atoms with Crippen LogP contribution in [0.5, 0.6) is 11.5 Å². The molecule has 1 heterocycles. The molecule has 1 aromatic heterocycles. The predicted octanol–water partition coefficient (Wildman–Crippen LogP) is 4.85. The van der Waals surface area contributed by atoms with Crippen LogP contribution in [0.2, 0.25) is 0 Å². The number of ether oxygens (including phenoxy) is 2. The highest BCUT2D eigenvalue weighted by Crippen LogP contribution is 2.25. The van der Waals surface area contributed by atoms with Crippen molar-refractivity contribution >= 4 is 34.4 Å². The van der Waals surface area contributed by atoms with Gasteiger partial charge in [0.15, 0.2) is 5.16 Å². The molecule has 0 saturated heterocycles. The molecule has 0 fully saturated rings. The molecule has 158 valence electrons. The fraction of sp³-hybridized carbons (Fsp3) is 0.167. The number of para-hydroxylation sites is 3. The number of thioether (sulfide) groups is 1. The Kier molecular flexibility index (Phi) is 6.74. The maximum atomic E-state index is 12.6. The van der Waals surface area contributed by atoms with Gasteiger partial charge >= 0.3 is 0 Å². The zero-order valence-electron chi connectivity index (χ0n) is 17.2. The van der Waals surface area contributed by atoms with Crippen molar-refractivity contribution in [3.05, 3.63) is 78.9 Å². The summed E-state index contributed by atoms with van der Waals surface area (Å²) < 4.78 is 12.9. The van der Waals surface area contributed by atoms with E-state index in [0.717, 1.165) is 33.4 Å². The molecule has 0 bridgehead atoms. The van der Waals surface area contributed by atoms with Crippen LogP contribution in [0.3, 0.4) is 0 Å². The number of nitrogens with one attached hydrogen (secondary N) is 1. The van der Waals surface area contributed by atoms with Crippen LogP contribution in [0.4, 0.5) is 5.69 Å². The Morgan fingerprint density at radius 3 is 2.45 bits per heavy atom. The third-order valence-corrected chi connectivity index (χ3v) is 5.56. The molecule has 0 aliphatic heterocycles. The van der Waals surface area contributed by atoms with Gasteiger partial charge < -0.3 is 19.4 Å². The summed E-state index contributed by atoms with van der Waals surface area (Å²) in [5, 5.41) is 3.73. The first kappa shape index (κ1) is 20.8. The van der Waals surface area contributed by atoms with Crippen molar-refractivity contribution < 1.29 is 14.3 Å². The fourth-order valence-corrected chi connectivity index (χ4v) is 3.98. The Bertz CT molecular complexity index is 1140. The van der Waals surface area contributed by atoms with Crippen LogP contribution in [0.15, 0.2) is 84.0 Å². The van der Waals surface area contributed by atoms with E-state index in [1.54, 1.807) is 18.9 Å². The average Bonchev–Trinajstić information content (AvgIpc) is 3.15. The van der Waals surface area contributed by atoms with Crippen molar-refractivity contribution in [3.8, 4) is 11.5 Å². The molecule has 4 rings (SSSR count). The molecule has 0 unspecified atom stereocenters. The number of carbonyl (C=O) groups is 1. The van der Waals surface area contributed by atoms with E-state index in [1.807, 2.05) is 83.4 Å². The summed E-state index contributed by atoms with van der Waals surface area (Å²) in [7, 11) is 1.64. The van der Waals surface area contributed by atoms with E-state index < -0.39 is 0 Å². The fourth-order valence-electron chi connectivity index (χ4n) is 3.15. The van der Waals surface area contributed by atoms with E-state index >= 15 is 0 Å². The first-order chi connectivity index (χ1) is 15.2. The lowest BCUT2D eigenvalue weighted by molar-refractivity contribution is -0.116. The molecule has 0 atom stereocenters. The summed E-state index contributed by atoms with van der Waals surface area (Å²) in [6.07, 6.45) is 0. The molecule has 0 aliphatic carbocycles. The minimum absolute atomic E-state index is 0.0920. The standard InChI is InChI=1S/C24H23N3O3S/c1-29-19-11-13-20(14-12-19)30-15-16-31-24-26-21-9-5-6-10-22(21)27(24)17-23(28)25-18-7-3-2-4-8-18/h2-14H,15-17H2,1H3,(H,25,28). The second-order valence-corrected chi connectivity index (χ2v) is 7.82. The Hall–Kier alpha value is -3.45. The number of amides is 1. The van der Waals surface area contributed by atoms with Crippen LogP contribution in [0.25, 0.3) is 11.0 Å². The molecular weight excluding hydrogens is 410 g/mol. The Labute approximate surface area is 185 Å². The molecule has 0 saturated carbocycles. The largest absolute Gasteiger partial charge is 0.497 e. The smallest absolute Gasteiger partial charge is 0.244 e. The van der Waals surface area contributed by atoms with Gasteiger partial charge in [-0.1, -0.05) is 42.1 Å². The van der Waals surface area contributed by atoms with Crippen LogP contribution in [0, 0.1) is 0 Å². The number of rotatable bonds is 9. The van der Waals surface area contributed by atoms with Gasteiger partial charge in [-0.05, 0) is 48.5 Å². The van der Waals surface area contributed by atoms with Crippen molar-refractivity contribution in [3.63, 3.8) is 0 Å². The van der Waals surface area contributed by atoms with Gasteiger partial charge in [-0.2, -0.15) is 0 Å². The highest BCUT2D eigenvalue weighted by molar-refractivity contribution is 7.99. The summed E-state index contributed by atoms with van der Waals surface area (Å²) in [5.41, 5.74) is 2.58. The van der Waals surface area contributed by atoms with E-state index in [1.165, 1.54) is 0 Å². The number of anilines is 1. The number of aromatic nitrogens is 2. The maximum absolute atomic E-state index is 12.6. The van der Waals surface area contributed by atoms with Crippen molar-refractivity contribution in [2.75, 3.05) is 24.8 Å². The minimum atomic E-state index is -0.0920. The minimum Gasteiger partial charge on any atom is -0.497 e. The maximum Gasteiger partial charge on any atom is 0.244 e. The van der Waals surface area contributed by atoms with Gasteiger partial charge in [0.2, 0.25) is 5.91 Å². The number of nitrogens with zero attached hydrogens (tertiary/aromatic N) is 2. The van der Waals surface area contributed by atoms with Gasteiger partial charge in [0.05, 0.1) is 24.8 Å². The molecule has 0 spiro atoms. The van der Waals surface area contributed by atoms with Crippen LogP contribution in [0.1, 0.15) is 0 Å². The molecular formula is C24H23N3O3S. The number of imidazole rings is 1. The summed E-state index contributed by atoms with van der Waals surface area (Å²) in [5.74, 6) is 2.20. The molecule has 1 N–H and O–H groups in total. The third-order valence-electron chi connectivity index (χ3n) is 4.62. The van der Waals surface area contributed by atoms with Crippen LogP contribution in [-0.2, 0) is 11.3 Å². The summed E-state index contributed by atoms with van der Waals surface area (Å²) >= 11 is 1.57. The number of fused-ring (bicyclic) bond motifs is 1. The van der Waals surface area contributed by atoms with E-state index in [0.29, 0.717) is 12.4 Å². The topological polar surface area (TPSA) is 65.4 Å². The lowest BCUT2D eigenvalue weighted by Crippen LogP contribution is -2.19. The molecule has 6 nitrogen and oxygen atoms in total. The normalized spacial score (nSPS) is 10.7. The molecule has 7 heteroatoms. The predicted molar refractivity (Wildman–Crippen MR) is 124 cm³/mol. The molecule has 3 aromatic carbocycles. The van der Waals surface area contributed by atoms with Gasteiger partial charge in [0, 0.05) is 11.4 Å². The number of carbonyl (C=O) groups excluding carboxylic acids is 1. The molecule has 4 aromatic rings. The second-order valence-electron chi connectivity index (χ2n) is 6.76. The van der Waals surface area contributed by atoms with Gasteiger partial charge in [-0.15, -0.1) is 0 Å². The average molecular weight is 434 g/mol. The van der Waals surface area contributed by atoms with E-state index in [2.05, 4.69) is 5.32 Å². The molecule has 0 radical (unpaired) electrons. The third kappa shape index (κ3) is 5.38. The van der Waals surface area contributed by atoms with Gasteiger partial charge in [-0.3, -0.25) is 4.79 Å². The molecule has 31 heavy (non-hydrogen) atoms. The highest BCUT2D eigenvalue weighted by Gasteiger charge is 2.14. The highest BCUT2D eigenvalue weighted by atomic mass is 32.2. The first-order valence-electron chi connectivity index (χ1n) is 9.93. The van der Waals surface area contributed by atoms with Crippen LogP contribution >= 0.6 is 11.8 Å². The summed E-state index contributed by atoms with van der Waals surface area (Å²) in [4.78, 5) is 17.4. The molecule has 0 aliphatic rings. The van der Waals surface area contributed by atoms with Crippen LogP contribution < -0.4 is 14.8 Å². The summed E-state index contributed by atoms with van der Waals surface area (Å²) in [6.45, 7) is 0.716. The quantitative estimate of drug-likeness (QED) is 0.302. The van der Waals surface area contributed by atoms with E-state index in [-0.39, 0.29) is 12.5 Å². The van der Waals surface area contributed by atoms with Gasteiger partial charge in [0.25, 0.3) is 0 Å². The summed E-state index contributed by atoms with van der Waals surface area (Å²) in [6, 6.07) is 24.8. The van der Waals surface area contributed by atoms with Crippen molar-refractivity contribution in [2.45, 2.75) is 11.7 Å². The number of hydrogen-bond donors (Lipinski definition) is 1. The van der Waals surface area contributed by atoms with Crippen LogP contribution in [-0.4, -0.2) is 34.9 Å². The van der Waals surface area contributed by atoms with Crippen molar-refractivity contribution in [1.82, 2.24) is 9.55 Å². The first-order valence-corrected chi connectivity index (χ1v) is 10.9. The van der Waals surface area contributed by atoms with E-state index in [4.69, 9.17) is 14.5 Å². The lowest BCUT2D eigenvalue weighted by Gasteiger charge is -2.10. The zero-order valence-corrected chi connectivity index (χ0v) is 18.0. The number of benzene rings is 3. The van der Waals surface area contributed by atoms with Gasteiger partial charge in [0.1, 0.15) is 18.0 Å². The second kappa shape index (κ2) is 10.0. The number of methoxy groups -OCH3 is 1. The SMILES string of the molecule is COc1ccc(OCCSc2nc3ccccc3n2CC(=O)Nc2ccccc2)cc1. The Morgan fingerprint density at radius 1 is 0.968 bits per heavy atom. The molecule has 1 amide bonds. The number of hydrogen-bond acceptors (Lipinski definition) is 5. The monoisotopic (exact) mass is 433 g/mol. The van der Waals surface area contributed by atoms with E-state index in [9.17, 15) is 4.79 Å². The Morgan fingerprint density at radius 2 is 1.68 bits per heavy atom. The van der Waals surface area contributed by atoms with Crippen molar-refractivity contribution in [2.24, 2.45) is 0 Å². The van der Waals surface area contributed by atoms with Crippen molar-refractivity contribution in [1.29, 1.82) is 0 Å². The zero-order chi connectivity index (χ0) is 21.5. The van der Waals surface area contributed by atoms with Gasteiger partial charge in [-0.25, -0.2) is 4.98 Å².